The third-order valence-electron chi connectivity index (χ3n) is 3.50. The van der Waals surface area contributed by atoms with Gasteiger partial charge in [-0.05, 0) is 11.5 Å². The minimum Gasteiger partial charge on any atom is -0.539 e. The Morgan fingerprint density at radius 1 is 1.33 bits per heavy atom. The molecule has 18 heavy (non-hydrogen) atoms. The molecule has 3 aliphatic heterocycles. The van der Waals surface area contributed by atoms with Crippen LogP contribution in [-0.4, -0.2) is 41.6 Å². The van der Waals surface area contributed by atoms with Gasteiger partial charge in [-0.1, -0.05) is 26.0 Å². The molecular formula is C11H19BN3O3-. The van der Waals surface area contributed by atoms with Crippen molar-refractivity contribution < 1.29 is 14.0 Å². The summed E-state index contributed by atoms with van der Waals surface area (Å²) in [5.74, 6) is 0.482. The SMILES string of the molecule is CC(C)Cn1nncc1[B-]12OCC(C)(CO1)CO2. The van der Waals surface area contributed by atoms with Gasteiger partial charge in [0, 0.05) is 38.0 Å². The van der Waals surface area contributed by atoms with E-state index in [9.17, 15) is 0 Å². The van der Waals surface area contributed by atoms with E-state index in [4.69, 9.17) is 14.0 Å². The molecule has 0 N–H and O–H groups in total. The molecular weight excluding hydrogens is 233 g/mol. The monoisotopic (exact) mass is 252 g/mol. The molecule has 6 nitrogen and oxygen atoms in total. The summed E-state index contributed by atoms with van der Waals surface area (Å²) in [6.07, 6.45) is 1.69. The first kappa shape index (κ1) is 12.1. The van der Waals surface area contributed by atoms with E-state index in [0.717, 1.165) is 12.1 Å². The zero-order chi connectivity index (χ0) is 12.8. The first-order valence-corrected chi connectivity index (χ1v) is 6.47. The predicted octanol–water partition coefficient (Wildman–Crippen LogP) is 0.163. The molecule has 4 rings (SSSR count). The van der Waals surface area contributed by atoms with Crippen LogP contribution in [0.4, 0.5) is 0 Å². The lowest BCUT2D eigenvalue weighted by atomic mass is 9.67. The highest BCUT2D eigenvalue weighted by Crippen LogP contribution is 2.34. The lowest BCUT2D eigenvalue weighted by molar-refractivity contribution is -0.120. The van der Waals surface area contributed by atoms with E-state index < -0.39 is 6.75 Å². The van der Waals surface area contributed by atoms with Gasteiger partial charge in [0.25, 0.3) is 0 Å². The quantitative estimate of drug-likeness (QED) is 0.717. The summed E-state index contributed by atoms with van der Waals surface area (Å²) >= 11 is 0. The minimum atomic E-state index is -1.84. The average Bonchev–Trinajstić information content (AvgIpc) is 2.78. The Morgan fingerprint density at radius 3 is 2.50 bits per heavy atom. The first-order chi connectivity index (χ1) is 8.53. The van der Waals surface area contributed by atoms with Gasteiger partial charge in [0.05, 0.1) is 0 Å². The maximum atomic E-state index is 5.85. The van der Waals surface area contributed by atoms with Crippen LogP contribution in [0.3, 0.4) is 0 Å². The maximum absolute atomic E-state index is 5.85. The topological polar surface area (TPSA) is 58.4 Å². The van der Waals surface area contributed by atoms with Crippen LogP contribution in [0.5, 0.6) is 0 Å². The van der Waals surface area contributed by atoms with E-state index >= 15 is 0 Å². The number of nitrogens with zero attached hydrogens (tertiary/aromatic N) is 3. The molecule has 0 atom stereocenters. The Balaban J connectivity index is 1.89. The molecule has 0 unspecified atom stereocenters. The molecule has 100 valence electrons. The van der Waals surface area contributed by atoms with Crippen molar-refractivity contribution in [2.75, 3.05) is 19.8 Å². The van der Waals surface area contributed by atoms with Crippen molar-refractivity contribution in [3.63, 3.8) is 0 Å². The normalized spacial score (nSPS) is 35.3. The average molecular weight is 252 g/mol. The molecule has 3 aliphatic rings. The van der Waals surface area contributed by atoms with Crippen molar-refractivity contribution in [1.29, 1.82) is 0 Å². The van der Waals surface area contributed by atoms with Gasteiger partial charge in [-0.3, -0.25) is 4.68 Å². The third kappa shape index (κ3) is 1.86. The summed E-state index contributed by atoms with van der Waals surface area (Å²) < 4.78 is 19.4. The van der Waals surface area contributed by atoms with E-state index in [1.165, 1.54) is 0 Å². The van der Waals surface area contributed by atoms with Crippen molar-refractivity contribution >= 4 is 12.3 Å². The van der Waals surface area contributed by atoms with Crippen molar-refractivity contribution in [2.45, 2.75) is 27.3 Å². The molecule has 0 aromatic carbocycles. The number of hydrogen-bond donors (Lipinski definition) is 0. The van der Waals surface area contributed by atoms with Gasteiger partial charge in [0.1, 0.15) is 0 Å². The van der Waals surface area contributed by atoms with Crippen molar-refractivity contribution in [3.05, 3.63) is 6.20 Å². The molecule has 0 saturated carbocycles. The second kappa shape index (κ2) is 4.04. The van der Waals surface area contributed by atoms with E-state index in [2.05, 4.69) is 31.1 Å². The van der Waals surface area contributed by atoms with Crippen LogP contribution >= 0.6 is 0 Å². The first-order valence-electron chi connectivity index (χ1n) is 6.47. The predicted molar refractivity (Wildman–Crippen MR) is 66.2 cm³/mol. The van der Waals surface area contributed by atoms with E-state index in [1.54, 1.807) is 6.20 Å². The zero-order valence-electron chi connectivity index (χ0n) is 11.1. The third-order valence-corrected chi connectivity index (χ3v) is 3.50. The van der Waals surface area contributed by atoms with Crippen LogP contribution in [-0.2, 0) is 20.5 Å². The second-order valence-corrected chi connectivity index (χ2v) is 6.12. The van der Waals surface area contributed by atoms with E-state index in [1.807, 2.05) is 4.68 Å². The smallest absolute Gasteiger partial charge is 0.428 e. The van der Waals surface area contributed by atoms with Gasteiger partial charge in [-0.25, -0.2) is 0 Å². The molecule has 4 heterocycles. The Morgan fingerprint density at radius 2 is 1.94 bits per heavy atom. The van der Waals surface area contributed by atoms with Crippen molar-refractivity contribution in [3.8, 4) is 0 Å². The molecule has 0 amide bonds. The largest absolute Gasteiger partial charge is 0.539 e. The number of fused-ring (bicyclic) bond motifs is 3. The maximum Gasteiger partial charge on any atom is 0.428 e. The van der Waals surface area contributed by atoms with Crippen LogP contribution in [0.2, 0.25) is 0 Å². The number of rotatable bonds is 3. The highest BCUT2D eigenvalue weighted by Gasteiger charge is 2.48. The molecule has 3 saturated heterocycles. The highest BCUT2D eigenvalue weighted by molar-refractivity contribution is 6.75. The Bertz CT molecular complexity index is 424. The Labute approximate surface area is 107 Å². The van der Waals surface area contributed by atoms with Crippen LogP contribution in [0.15, 0.2) is 6.20 Å². The molecule has 0 spiro atoms. The standard InChI is InChI=1S/C11H19BN3O3/c1-9(2)5-15-10(4-13-14-15)12-16-6-11(3,7-17-12)8-18-12/h4,9H,5-8H2,1-3H3/q-1. The lowest BCUT2D eigenvalue weighted by Gasteiger charge is -2.57. The molecule has 7 heteroatoms. The fourth-order valence-electron chi connectivity index (χ4n) is 2.49. The number of hydrogen-bond acceptors (Lipinski definition) is 5. The Hall–Kier alpha value is -0.915. The highest BCUT2D eigenvalue weighted by atomic mass is 16.8. The van der Waals surface area contributed by atoms with Crippen LogP contribution in [0, 0.1) is 11.3 Å². The summed E-state index contributed by atoms with van der Waals surface area (Å²) in [5.41, 5.74) is 0.797. The van der Waals surface area contributed by atoms with Crippen molar-refractivity contribution in [2.24, 2.45) is 11.3 Å². The van der Waals surface area contributed by atoms with Gasteiger partial charge < -0.3 is 14.0 Å². The molecule has 1 aromatic rings. The van der Waals surface area contributed by atoms with Crippen LogP contribution in [0.25, 0.3) is 0 Å². The van der Waals surface area contributed by atoms with Gasteiger partial charge in [-0.15, -0.1) is 5.10 Å². The van der Waals surface area contributed by atoms with Gasteiger partial charge >= 0.3 is 6.75 Å². The zero-order valence-corrected chi connectivity index (χ0v) is 11.1. The van der Waals surface area contributed by atoms with E-state index in [-0.39, 0.29) is 5.41 Å². The van der Waals surface area contributed by atoms with Crippen molar-refractivity contribution in [1.82, 2.24) is 15.0 Å². The van der Waals surface area contributed by atoms with Crippen LogP contribution in [0.1, 0.15) is 20.8 Å². The van der Waals surface area contributed by atoms with Gasteiger partial charge in [-0.2, -0.15) is 0 Å². The summed E-state index contributed by atoms with van der Waals surface area (Å²) in [6.45, 7) is 7.33. The van der Waals surface area contributed by atoms with Gasteiger partial charge in [0.2, 0.25) is 0 Å². The van der Waals surface area contributed by atoms with Crippen LogP contribution < -0.4 is 5.59 Å². The second-order valence-electron chi connectivity index (χ2n) is 6.12. The molecule has 3 fully saturated rings. The summed E-state index contributed by atoms with van der Waals surface area (Å²) in [6, 6.07) is 0. The number of aromatic nitrogens is 3. The fraction of sp³-hybridized carbons (Fsp3) is 0.818. The summed E-state index contributed by atoms with van der Waals surface area (Å²) in [4.78, 5) is 0. The van der Waals surface area contributed by atoms with Gasteiger partial charge in [0.15, 0.2) is 0 Å². The summed E-state index contributed by atoms with van der Waals surface area (Å²) in [7, 11) is 0. The molecule has 0 aliphatic carbocycles. The molecule has 2 bridgehead atoms. The molecule has 0 radical (unpaired) electrons. The minimum absolute atomic E-state index is 0.0141. The molecule has 1 aromatic heterocycles. The lowest BCUT2D eigenvalue weighted by Crippen LogP contribution is -2.70. The Kier molecular flexibility index (Phi) is 2.73. The van der Waals surface area contributed by atoms with E-state index in [0.29, 0.717) is 25.7 Å². The fourth-order valence-corrected chi connectivity index (χ4v) is 2.49. The summed E-state index contributed by atoms with van der Waals surface area (Å²) in [5, 5.41) is 8.07.